The largest absolute Gasteiger partial charge is 0.493 e. The van der Waals surface area contributed by atoms with Crippen molar-refractivity contribution in [1.82, 2.24) is 10.6 Å². The van der Waals surface area contributed by atoms with Crippen molar-refractivity contribution in [2.45, 2.75) is 13.8 Å². The number of amides is 1. The predicted molar refractivity (Wildman–Crippen MR) is 82.3 cm³/mol. The van der Waals surface area contributed by atoms with Crippen molar-refractivity contribution >= 4 is 18.3 Å². The van der Waals surface area contributed by atoms with E-state index in [-0.39, 0.29) is 18.3 Å². The number of ether oxygens (including phenoxy) is 2. The van der Waals surface area contributed by atoms with Crippen LogP contribution in [0.4, 0.5) is 0 Å². The highest BCUT2D eigenvalue weighted by atomic mass is 35.5. The van der Waals surface area contributed by atoms with Gasteiger partial charge in [-0.1, -0.05) is 6.92 Å². The van der Waals surface area contributed by atoms with Gasteiger partial charge < -0.3 is 20.1 Å². The van der Waals surface area contributed by atoms with E-state index < -0.39 is 0 Å². The highest BCUT2D eigenvalue weighted by Gasteiger charge is 2.10. The van der Waals surface area contributed by atoms with Crippen molar-refractivity contribution in [3.63, 3.8) is 0 Å². The molecule has 0 unspecified atom stereocenters. The summed E-state index contributed by atoms with van der Waals surface area (Å²) < 4.78 is 10.6. The molecule has 0 aliphatic heterocycles. The second kappa shape index (κ2) is 10.3. The topological polar surface area (TPSA) is 59.6 Å². The average Bonchev–Trinajstić information content (AvgIpc) is 2.44. The van der Waals surface area contributed by atoms with Crippen LogP contribution in [0.2, 0.25) is 0 Å². The molecule has 114 valence electrons. The molecule has 0 radical (unpaired) electrons. The molecule has 1 amide bonds. The minimum atomic E-state index is -0.112. The van der Waals surface area contributed by atoms with Crippen LogP contribution in [0.15, 0.2) is 18.2 Å². The first-order valence-electron chi connectivity index (χ1n) is 6.52. The molecule has 0 heterocycles. The molecule has 1 aromatic carbocycles. The van der Waals surface area contributed by atoms with Gasteiger partial charge in [0.25, 0.3) is 5.91 Å². The molecule has 0 aliphatic carbocycles. The van der Waals surface area contributed by atoms with Gasteiger partial charge in [0.2, 0.25) is 0 Å². The molecule has 2 N–H and O–H groups in total. The summed E-state index contributed by atoms with van der Waals surface area (Å²) in [4.78, 5) is 11.9. The van der Waals surface area contributed by atoms with Gasteiger partial charge in [0.1, 0.15) is 0 Å². The van der Waals surface area contributed by atoms with Crippen molar-refractivity contribution < 1.29 is 14.3 Å². The van der Waals surface area contributed by atoms with Crippen LogP contribution < -0.4 is 20.1 Å². The Morgan fingerprint density at radius 1 is 1.20 bits per heavy atom. The lowest BCUT2D eigenvalue weighted by Crippen LogP contribution is -2.31. The SMILES string of the molecule is CCNCCNC(=O)c1ccc(OCC)c(OC)c1.Cl. The number of hydrogen-bond donors (Lipinski definition) is 2. The number of rotatable bonds is 8. The van der Waals surface area contributed by atoms with E-state index in [0.29, 0.717) is 30.2 Å². The number of nitrogens with one attached hydrogen (secondary N) is 2. The fraction of sp³-hybridized carbons (Fsp3) is 0.500. The highest BCUT2D eigenvalue weighted by Crippen LogP contribution is 2.27. The minimum Gasteiger partial charge on any atom is -0.493 e. The van der Waals surface area contributed by atoms with Gasteiger partial charge in [-0.2, -0.15) is 0 Å². The van der Waals surface area contributed by atoms with E-state index in [9.17, 15) is 4.79 Å². The van der Waals surface area contributed by atoms with E-state index >= 15 is 0 Å². The van der Waals surface area contributed by atoms with E-state index in [4.69, 9.17) is 9.47 Å². The number of methoxy groups -OCH3 is 1. The third-order valence-corrected chi connectivity index (χ3v) is 2.56. The fourth-order valence-corrected chi connectivity index (χ4v) is 1.63. The number of halogens is 1. The zero-order chi connectivity index (χ0) is 14.1. The molecule has 0 bridgehead atoms. The van der Waals surface area contributed by atoms with Gasteiger partial charge in [-0.3, -0.25) is 4.79 Å². The first kappa shape index (κ1) is 18.5. The average molecular weight is 303 g/mol. The number of benzene rings is 1. The van der Waals surface area contributed by atoms with Crippen LogP contribution in [0.5, 0.6) is 11.5 Å². The third-order valence-electron chi connectivity index (χ3n) is 2.56. The summed E-state index contributed by atoms with van der Waals surface area (Å²) in [5.41, 5.74) is 0.566. The smallest absolute Gasteiger partial charge is 0.251 e. The van der Waals surface area contributed by atoms with Crippen LogP contribution in [0.1, 0.15) is 24.2 Å². The van der Waals surface area contributed by atoms with Crippen LogP contribution in [0.25, 0.3) is 0 Å². The van der Waals surface area contributed by atoms with E-state index in [1.807, 2.05) is 13.8 Å². The van der Waals surface area contributed by atoms with Gasteiger partial charge >= 0.3 is 0 Å². The van der Waals surface area contributed by atoms with Crippen LogP contribution in [0, 0.1) is 0 Å². The molecule has 0 aromatic heterocycles. The first-order chi connectivity index (χ1) is 9.22. The maximum Gasteiger partial charge on any atom is 0.251 e. The molecule has 1 aromatic rings. The lowest BCUT2D eigenvalue weighted by atomic mass is 10.2. The molecule has 0 aliphatic rings. The van der Waals surface area contributed by atoms with Crippen molar-refractivity contribution in [2.24, 2.45) is 0 Å². The second-order valence-corrected chi connectivity index (χ2v) is 3.91. The number of hydrogen-bond acceptors (Lipinski definition) is 4. The van der Waals surface area contributed by atoms with E-state index in [2.05, 4.69) is 10.6 Å². The molecule has 0 saturated carbocycles. The van der Waals surface area contributed by atoms with E-state index in [0.717, 1.165) is 13.1 Å². The molecule has 0 fully saturated rings. The number of likely N-dealkylation sites (N-methyl/N-ethyl adjacent to an activating group) is 1. The van der Waals surface area contributed by atoms with Crippen molar-refractivity contribution in [3.8, 4) is 11.5 Å². The highest BCUT2D eigenvalue weighted by molar-refractivity contribution is 5.94. The molecule has 0 spiro atoms. The van der Waals surface area contributed by atoms with Crippen LogP contribution in [-0.2, 0) is 0 Å². The van der Waals surface area contributed by atoms with Crippen LogP contribution >= 0.6 is 12.4 Å². The van der Waals surface area contributed by atoms with Crippen LogP contribution in [0.3, 0.4) is 0 Å². The second-order valence-electron chi connectivity index (χ2n) is 3.91. The summed E-state index contributed by atoms with van der Waals surface area (Å²) in [5, 5.41) is 5.98. The van der Waals surface area contributed by atoms with Gasteiger partial charge in [0.15, 0.2) is 11.5 Å². The van der Waals surface area contributed by atoms with Crippen LogP contribution in [-0.4, -0.2) is 39.3 Å². The predicted octanol–water partition coefficient (Wildman–Crippen LogP) is 1.85. The summed E-state index contributed by atoms with van der Waals surface area (Å²) in [5.74, 6) is 1.11. The fourth-order valence-electron chi connectivity index (χ4n) is 1.63. The van der Waals surface area contributed by atoms with Gasteiger partial charge in [-0.15, -0.1) is 12.4 Å². The number of carbonyl (C=O) groups is 1. The molecule has 1 rings (SSSR count). The standard InChI is InChI=1S/C14H22N2O3.ClH/c1-4-15-8-9-16-14(17)11-6-7-12(19-5-2)13(10-11)18-3;/h6-7,10,15H,4-5,8-9H2,1-3H3,(H,16,17);1H. The zero-order valence-corrected chi connectivity index (χ0v) is 13.0. The number of carbonyl (C=O) groups excluding carboxylic acids is 1. The Kier molecular flexibility index (Phi) is 9.59. The Bertz CT molecular complexity index is 413. The Morgan fingerprint density at radius 2 is 1.95 bits per heavy atom. The molecular formula is C14H23ClN2O3. The maximum atomic E-state index is 11.9. The third kappa shape index (κ3) is 5.67. The lowest BCUT2D eigenvalue weighted by molar-refractivity contribution is 0.0953. The molecular weight excluding hydrogens is 280 g/mol. The summed E-state index contributed by atoms with van der Waals surface area (Å²) in [6.07, 6.45) is 0. The molecule has 0 saturated heterocycles. The summed E-state index contributed by atoms with van der Waals surface area (Å²) in [6, 6.07) is 5.17. The first-order valence-corrected chi connectivity index (χ1v) is 6.52. The van der Waals surface area contributed by atoms with Gasteiger partial charge in [0, 0.05) is 18.7 Å². The summed E-state index contributed by atoms with van der Waals surface area (Å²) in [6.45, 7) is 6.75. The van der Waals surface area contributed by atoms with Crippen molar-refractivity contribution in [1.29, 1.82) is 0 Å². The van der Waals surface area contributed by atoms with Crippen molar-refractivity contribution in [2.75, 3.05) is 33.4 Å². The van der Waals surface area contributed by atoms with Gasteiger partial charge in [-0.05, 0) is 31.7 Å². The summed E-state index contributed by atoms with van der Waals surface area (Å²) >= 11 is 0. The van der Waals surface area contributed by atoms with Crippen molar-refractivity contribution in [3.05, 3.63) is 23.8 Å². The molecule has 0 atom stereocenters. The molecule has 20 heavy (non-hydrogen) atoms. The zero-order valence-electron chi connectivity index (χ0n) is 12.2. The monoisotopic (exact) mass is 302 g/mol. The Morgan fingerprint density at radius 3 is 2.55 bits per heavy atom. The Balaban J connectivity index is 0.00000361. The maximum absolute atomic E-state index is 11.9. The lowest BCUT2D eigenvalue weighted by Gasteiger charge is -2.11. The quantitative estimate of drug-likeness (QED) is 0.720. The van der Waals surface area contributed by atoms with E-state index in [1.54, 1.807) is 25.3 Å². The molecule has 6 heteroatoms. The van der Waals surface area contributed by atoms with E-state index in [1.165, 1.54) is 0 Å². The Labute approximate surface area is 126 Å². The molecule has 5 nitrogen and oxygen atoms in total. The minimum absolute atomic E-state index is 0. The normalized spacial score (nSPS) is 9.55. The summed E-state index contributed by atoms with van der Waals surface area (Å²) in [7, 11) is 1.56. The Hall–Kier alpha value is -1.46. The van der Waals surface area contributed by atoms with Gasteiger partial charge in [0.05, 0.1) is 13.7 Å². The van der Waals surface area contributed by atoms with Gasteiger partial charge in [-0.25, -0.2) is 0 Å².